The molecular formula is C22H23B2N9O11P2. The molecule has 4 fully saturated rings. The highest BCUT2D eigenvalue weighted by atomic mass is 31.2. The van der Waals surface area contributed by atoms with E-state index in [1.807, 2.05) is 0 Å². The van der Waals surface area contributed by atoms with E-state index in [1.54, 1.807) is 6.92 Å². The molecule has 24 heteroatoms. The van der Waals surface area contributed by atoms with Crippen molar-refractivity contribution >= 4 is 58.2 Å². The van der Waals surface area contributed by atoms with Crippen LogP contribution in [-0.4, -0.2) is 115 Å². The van der Waals surface area contributed by atoms with Gasteiger partial charge in [0.1, 0.15) is 53.8 Å². The number of aromatic amines is 1. The molecule has 4 bridgehead atoms. The van der Waals surface area contributed by atoms with Gasteiger partial charge in [0, 0.05) is 0 Å². The molecule has 0 amide bonds. The smallest absolute Gasteiger partial charge is 0.279 e. The second-order valence-corrected chi connectivity index (χ2v) is 14.3. The molecule has 4 saturated heterocycles. The third-order valence-electron chi connectivity index (χ3n) is 8.21. The number of imidazole rings is 2. The van der Waals surface area contributed by atoms with Gasteiger partial charge in [-0.05, 0) is 6.92 Å². The molecule has 10 atom stereocenters. The largest absolute Gasteiger partial charge is 0.387 e. The minimum atomic E-state index is -4.55. The molecule has 8 heterocycles. The molecule has 8 unspecified atom stereocenters. The SMILES string of the molecule is [B][P@@]1(=O)OCC23COC(C(n4cnc5c(N)ncnc54)O2)C3O[P@]([B])(=O)OCC2OC(n3cnc4c(=O)[nH]c(C)nc43)C(O1)C2O. The summed E-state index contributed by atoms with van der Waals surface area (Å²) in [6.07, 6.45) is -4.88. The van der Waals surface area contributed by atoms with Gasteiger partial charge in [0.15, 0.2) is 35.1 Å². The number of fused-ring (bicyclic) bond motifs is 4. The van der Waals surface area contributed by atoms with E-state index in [0.717, 1.165) is 0 Å². The van der Waals surface area contributed by atoms with Crippen LogP contribution in [0.3, 0.4) is 0 Å². The Morgan fingerprint density at radius 2 is 1.74 bits per heavy atom. The number of nitrogens with one attached hydrogen (secondary N) is 1. The molecule has 20 nitrogen and oxygen atoms in total. The fourth-order valence-corrected chi connectivity index (χ4v) is 8.18. The molecule has 0 aromatic carbocycles. The van der Waals surface area contributed by atoms with Gasteiger partial charge in [0.2, 0.25) is 15.1 Å². The number of nitrogens with two attached hydrogens (primary N) is 1. The summed E-state index contributed by atoms with van der Waals surface area (Å²) in [5.74, 6) is 0.402. The quantitative estimate of drug-likeness (QED) is 0.173. The van der Waals surface area contributed by atoms with Crippen LogP contribution in [0, 0.1) is 6.92 Å². The van der Waals surface area contributed by atoms with Crippen LogP contribution in [0.4, 0.5) is 5.82 Å². The van der Waals surface area contributed by atoms with Crippen molar-refractivity contribution in [3.8, 4) is 0 Å². The zero-order chi connectivity index (χ0) is 32.2. The van der Waals surface area contributed by atoms with Gasteiger partial charge in [-0.15, -0.1) is 0 Å². The van der Waals surface area contributed by atoms with E-state index in [4.69, 9.17) is 53.2 Å². The number of rotatable bonds is 2. The Hall–Kier alpha value is -3.03. The Kier molecular flexibility index (Phi) is 6.91. The summed E-state index contributed by atoms with van der Waals surface area (Å²) in [6.45, 7) is 0.247. The molecule has 4 radical (unpaired) electrons. The average molecular weight is 673 g/mol. The van der Waals surface area contributed by atoms with Crippen LogP contribution in [-0.2, 0) is 41.4 Å². The molecule has 4 aromatic rings. The fourth-order valence-electron chi connectivity index (χ4n) is 6.11. The van der Waals surface area contributed by atoms with E-state index in [0.29, 0.717) is 11.2 Å². The zero-order valence-corrected chi connectivity index (χ0v) is 25.5. The summed E-state index contributed by atoms with van der Waals surface area (Å²) in [4.78, 5) is 35.8. The molecule has 4 aromatic heterocycles. The van der Waals surface area contributed by atoms with Crippen molar-refractivity contribution < 1.29 is 46.5 Å². The third kappa shape index (κ3) is 4.78. The molecule has 46 heavy (non-hydrogen) atoms. The first-order valence-electron chi connectivity index (χ1n) is 13.8. The van der Waals surface area contributed by atoms with Gasteiger partial charge in [-0.3, -0.25) is 23.1 Å². The van der Waals surface area contributed by atoms with Crippen molar-refractivity contribution in [3.63, 3.8) is 0 Å². The number of hydrogen-bond donors (Lipinski definition) is 3. The van der Waals surface area contributed by atoms with Gasteiger partial charge in [-0.1, -0.05) is 0 Å². The van der Waals surface area contributed by atoms with Crippen molar-refractivity contribution in [1.29, 1.82) is 0 Å². The zero-order valence-electron chi connectivity index (χ0n) is 23.7. The minimum absolute atomic E-state index is 0.0303. The van der Waals surface area contributed by atoms with Crippen LogP contribution in [0.15, 0.2) is 23.8 Å². The highest BCUT2D eigenvalue weighted by molar-refractivity contribution is 7.79. The number of aryl methyl sites for hydroxylation is 1. The van der Waals surface area contributed by atoms with E-state index >= 15 is 0 Å². The van der Waals surface area contributed by atoms with Crippen molar-refractivity contribution in [2.24, 2.45) is 0 Å². The Morgan fingerprint density at radius 3 is 2.54 bits per heavy atom. The van der Waals surface area contributed by atoms with Gasteiger partial charge in [0.25, 0.3) is 20.5 Å². The van der Waals surface area contributed by atoms with Gasteiger partial charge >= 0.3 is 0 Å². The molecule has 4 aliphatic heterocycles. The van der Waals surface area contributed by atoms with E-state index in [2.05, 4.69) is 29.9 Å². The number of nitrogen functional groups attached to an aromatic ring is 1. The molecule has 4 aliphatic rings. The highest BCUT2D eigenvalue weighted by Gasteiger charge is 2.65. The van der Waals surface area contributed by atoms with E-state index in [9.17, 15) is 19.0 Å². The standard InChI is InChI=1S/C22H23B2N9O11P2/c1-8-30-18-11(19(35)31-8)29-7-33(18)20-13-12(34)9(41-20)2-39-45(23,36)44-15-14-21(32-6-28-10-16(25)26-5-27-17(10)32)42-22(15,3-38-14)4-40-46(24,37)43-13/h5-7,9,12-15,20-21,34H,2-4H2,1H3,(H2,25,26,27)(H,30,31,35)/t9?,12?,13?,14?,15?,20?,21?,22?,45-,46-/m1/s1. The molecule has 8 rings (SSSR count). The summed E-state index contributed by atoms with van der Waals surface area (Å²) in [7, 11) is 3.10. The first-order chi connectivity index (χ1) is 21.8. The van der Waals surface area contributed by atoms with Crippen LogP contribution >= 0.6 is 14.9 Å². The molecule has 0 spiro atoms. The summed E-state index contributed by atoms with van der Waals surface area (Å²) in [5, 5.41) is 11.2. The number of H-pyrrole nitrogens is 1. The summed E-state index contributed by atoms with van der Waals surface area (Å²) in [5.41, 5.74) is 4.50. The summed E-state index contributed by atoms with van der Waals surface area (Å²) < 4.78 is 71.0. The highest BCUT2D eigenvalue weighted by Crippen LogP contribution is 2.58. The average Bonchev–Trinajstić information content (AvgIpc) is 3.80. The van der Waals surface area contributed by atoms with Crippen molar-refractivity contribution in [3.05, 3.63) is 35.2 Å². The van der Waals surface area contributed by atoms with Crippen molar-refractivity contribution in [2.75, 3.05) is 25.6 Å². The Balaban J connectivity index is 1.14. The molecular weight excluding hydrogens is 650 g/mol. The predicted molar refractivity (Wildman–Crippen MR) is 154 cm³/mol. The second kappa shape index (κ2) is 10.5. The lowest BCUT2D eigenvalue weighted by molar-refractivity contribution is -0.183. The maximum atomic E-state index is 13.7. The van der Waals surface area contributed by atoms with Crippen LogP contribution in [0.1, 0.15) is 18.3 Å². The number of aliphatic hydroxyl groups excluding tert-OH is 1. The molecule has 4 N–H and O–H groups in total. The number of nitrogens with zero attached hydrogens (tertiary/aromatic N) is 7. The van der Waals surface area contributed by atoms with Gasteiger partial charge in [0.05, 0.1) is 32.5 Å². The van der Waals surface area contributed by atoms with Crippen molar-refractivity contribution in [2.45, 2.75) is 55.5 Å². The van der Waals surface area contributed by atoms with Gasteiger partial charge in [-0.25, -0.2) is 24.9 Å². The fraction of sp³-hybridized carbons (Fsp3) is 0.545. The number of aliphatic hydroxyl groups is 1. The molecule has 0 saturated carbocycles. The van der Waals surface area contributed by atoms with Crippen molar-refractivity contribution in [1.82, 2.24) is 39.0 Å². The monoisotopic (exact) mass is 673 g/mol. The van der Waals surface area contributed by atoms with E-state index in [-0.39, 0.29) is 29.4 Å². The van der Waals surface area contributed by atoms with Gasteiger partial charge in [-0.2, -0.15) is 0 Å². The lowest BCUT2D eigenvalue weighted by Crippen LogP contribution is -2.46. The van der Waals surface area contributed by atoms with Crippen LogP contribution in [0.2, 0.25) is 0 Å². The van der Waals surface area contributed by atoms with Gasteiger partial charge < -0.3 is 48.1 Å². The predicted octanol–water partition coefficient (Wildman–Crippen LogP) is -0.855. The van der Waals surface area contributed by atoms with Crippen LogP contribution in [0.25, 0.3) is 22.3 Å². The van der Waals surface area contributed by atoms with E-state index < -0.39 is 82.3 Å². The normalized spacial score (nSPS) is 39.7. The topological polar surface area (TPSA) is 252 Å². The van der Waals surface area contributed by atoms with Crippen LogP contribution < -0.4 is 11.3 Å². The Labute approximate surface area is 260 Å². The first kappa shape index (κ1) is 30.3. The summed E-state index contributed by atoms with van der Waals surface area (Å²) in [6, 6.07) is 0. The number of aromatic nitrogens is 8. The molecule has 0 aliphatic carbocycles. The lowest BCUT2D eigenvalue weighted by Gasteiger charge is -2.33. The Bertz CT molecular complexity index is 2030. The minimum Gasteiger partial charge on any atom is -0.387 e. The second-order valence-electron chi connectivity index (χ2n) is 11.2. The van der Waals surface area contributed by atoms with Crippen LogP contribution in [0.5, 0.6) is 0 Å². The number of anilines is 1. The maximum absolute atomic E-state index is 13.7. The number of hydrogen-bond acceptors (Lipinski definition) is 17. The van der Waals surface area contributed by atoms with E-state index in [1.165, 1.54) is 28.1 Å². The first-order valence-corrected chi connectivity index (χ1v) is 17.0. The maximum Gasteiger partial charge on any atom is 0.279 e. The Morgan fingerprint density at radius 1 is 1.00 bits per heavy atom. The number of ether oxygens (including phenoxy) is 3. The molecule has 238 valence electrons. The lowest BCUT2D eigenvalue weighted by atomic mass is 10.0. The third-order valence-corrected chi connectivity index (χ3v) is 10.3. The summed E-state index contributed by atoms with van der Waals surface area (Å²) >= 11 is 0.